The normalized spacial score (nSPS) is 25.9. The highest BCUT2D eigenvalue weighted by Gasteiger charge is 2.35. The van der Waals surface area contributed by atoms with E-state index >= 15 is 0 Å². The molecule has 0 radical (unpaired) electrons. The molecule has 30 heavy (non-hydrogen) atoms. The Morgan fingerprint density at radius 3 is 2.33 bits per heavy atom. The Labute approximate surface area is 198 Å². The lowest BCUT2D eigenvalue weighted by molar-refractivity contribution is 0.0169. The van der Waals surface area contributed by atoms with Gasteiger partial charge in [-0.3, -0.25) is 9.89 Å². The van der Waals surface area contributed by atoms with E-state index in [0.717, 1.165) is 69.5 Å². The molecule has 0 bridgehead atoms. The average Bonchev–Trinajstić information content (AvgIpc) is 3.21. The molecule has 1 N–H and O–H groups in total. The molecule has 2 saturated heterocycles. The van der Waals surface area contributed by atoms with Crippen LogP contribution in [0.15, 0.2) is 29.3 Å². The fourth-order valence-corrected chi connectivity index (χ4v) is 5.27. The van der Waals surface area contributed by atoms with Crippen LogP contribution < -0.4 is 10.1 Å². The summed E-state index contributed by atoms with van der Waals surface area (Å²) in [7, 11) is 3.63. The van der Waals surface area contributed by atoms with Crippen molar-refractivity contribution < 1.29 is 9.47 Å². The molecule has 3 fully saturated rings. The van der Waals surface area contributed by atoms with Gasteiger partial charge in [0.2, 0.25) is 0 Å². The zero-order chi connectivity index (χ0) is 20.1. The summed E-state index contributed by atoms with van der Waals surface area (Å²) < 4.78 is 10.9. The van der Waals surface area contributed by atoms with Crippen molar-refractivity contribution in [2.45, 2.75) is 31.7 Å². The molecule has 1 aromatic rings. The molecule has 1 saturated carbocycles. The van der Waals surface area contributed by atoms with Gasteiger partial charge in [0, 0.05) is 39.8 Å². The van der Waals surface area contributed by atoms with E-state index in [9.17, 15) is 0 Å². The molecule has 1 aliphatic carbocycles. The van der Waals surface area contributed by atoms with Gasteiger partial charge in [-0.05, 0) is 42.4 Å². The molecule has 168 valence electrons. The van der Waals surface area contributed by atoms with E-state index in [2.05, 4.69) is 44.4 Å². The number of morpholine rings is 1. The fourth-order valence-electron chi connectivity index (χ4n) is 5.27. The van der Waals surface area contributed by atoms with Crippen LogP contribution in [0.25, 0.3) is 0 Å². The van der Waals surface area contributed by atoms with Gasteiger partial charge >= 0.3 is 0 Å². The van der Waals surface area contributed by atoms with E-state index in [-0.39, 0.29) is 24.0 Å². The predicted molar refractivity (Wildman–Crippen MR) is 132 cm³/mol. The van der Waals surface area contributed by atoms with Crippen molar-refractivity contribution >= 4 is 29.9 Å². The molecule has 0 spiro atoms. The molecule has 6 nitrogen and oxygen atoms in total. The van der Waals surface area contributed by atoms with E-state index < -0.39 is 0 Å². The number of halogens is 1. The molecule has 0 aromatic heterocycles. The van der Waals surface area contributed by atoms with Crippen molar-refractivity contribution in [3.05, 3.63) is 29.8 Å². The van der Waals surface area contributed by atoms with Gasteiger partial charge in [-0.25, -0.2) is 0 Å². The summed E-state index contributed by atoms with van der Waals surface area (Å²) in [5, 5.41) is 3.71. The molecule has 2 aliphatic heterocycles. The summed E-state index contributed by atoms with van der Waals surface area (Å²) >= 11 is 0. The Bertz CT molecular complexity index is 664. The van der Waals surface area contributed by atoms with Gasteiger partial charge < -0.3 is 19.7 Å². The molecule has 1 aromatic carbocycles. The summed E-state index contributed by atoms with van der Waals surface area (Å²) in [6.07, 6.45) is 5.58. The van der Waals surface area contributed by atoms with Crippen LogP contribution in [0, 0.1) is 11.8 Å². The van der Waals surface area contributed by atoms with Gasteiger partial charge in [-0.1, -0.05) is 25.0 Å². The smallest absolute Gasteiger partial charge is 0.193 e. The van der Waals surface area contributed by atoms with Gasteiger partial charge in [0.1, 0.15) is 5.75 Å². The third-order valence-electron chi connectivity index (χ3n) is 6.93. The van der Waals surface area contributed by atoms with Crippen LogP contribution in [0.5, 0.6) is 5.75 Å². The number of hydrogen-bond donors (Lipinski definition) is 1. The van der Waals surface area contributed by atoms with Crippen LogP contribution in [0.3, 0.4) is 0 Å². The Morgan fingerprint density at radius 1 is 1.13 bits per heavy atom. The van der Waals surface area contributed by atoms with Crippen LogP contribution >= 0.6 is 24.0 Å². The Hall–Kier alpha value is -1.06. The SMILES string of the molecule is CN=C(NCC(c1ccc(OC)cc1)N1CCOCC1)N1CC2CCCCC2C1.I. The highest BCUT2D eigenvalue weighted by molar-refractivity contribution is 14.0. The molecular formula is C23H37IN4O2. The predicted octanol–water partition coefficient (Wildman–Crippen LogP) is 3.38. The number of nitrogens with one attached hydrogen (secondary N) is 1. The molecule has 3 unspecified atom stereocenters. The van der Waals surface area contributed by atoms with Crippen LogP contribution in [0.4, 0.5) is 0 Å². The van der Waals surface area contributed by atoms with E-state index in [0.29, 0.717) is 6.04 Å². The van der Waals surface area contributed by atoms with Crippen LogP contribution in [-0.4, -0.2) is 75.9 Å². The molecule has 7 heteroatoms. The maximum atomic E-state index is 5.59. The third-order valence-corrected chi connectivity index (χ3v) is 6.93. The second kappa shape index (κ2) is 11.5. The Kier molecular flexibility index (Phi) is 9.07. The lowest BCUT2D eigenvalue weighted by Gasteiger charge is -2.35. The number of methoxy groups -OCH3 is 1. The number of ether oxygens (including phenoxy) is 2. The highest BCUT2D eigenvalue weighted by Crippen LogP contribution is 2.36. The number of guanidine groups is 1. The number of likely N-dealkylation sites (tertiary alicyclic amines) is 1. The van der Waals surface area contributed by atoms with E-state index in [1.807, 2.05) is 7.05 Å². The summed E-state index contributed by atoms with van der Waals surface area (Å²) in [5.41, 5.74) is 1.31. The van der Waals surface area contributed by atoms with Crippen LogP contribution in [0.1, 0.15) is 37.3 Å². The lowest BCUT2D eigenvalue weighted by Crippen LogP contribution is -2.47. The Morgan fingerprint density at radius 2 is 1.77 bits per heavy atom. The summed E-state index contributed by atoms with van der Waals surface area (Å²) in [4.78, 5) is 9.65. The average molecular weight is 528 g/mol. The van der Waals surface area contributed by atoms with Gasteiger partial charge in [0.15, 0.2) is 5.96 Å². The van der Waals surface area contributed by atoms with Crippen LogP contribution in [0.2, 0.25) is 0 Å². The first-order valence-electron chi connectivity index (χ1n) is 11.2. The zero-order valence-corrected chi connectivity index (χ0v) is 20.7. The number of rotatable bonds is 5. The molecule has 2 heterocycles. The largest absolute Gasteiger partial charge is 0.497 e. The van der Waals surface area contributed by atoms with E-state index in [1.165, 1.54) is 31.2 Å². The maximum Gasteiger partial charge on any atom is 0.193 e. The van der Waals surface area contributed by atoms with Gasteiger partial charge in [-0.2, -0.15) is 0 Å². The monoisotopic (exact) mass is 528 g/mol. The molecule has 3 aliphatic rings. The minimum absolute atomic E-state index is 0. The van der Waals surface area contributed by atoms with Crippen molar-refractivity contribution in [3.8, 4) is 5.75 Å². The quantitative estimate of drug-likeness (QED) is 0.361. The standard InChI is InChI=1S/C23H36N4O2.HI/c1-24-23(27-16-19-5-3-4-6-20(19)17-27)25-15-22(26-11-13-29-14-12-26)18-7-9-21(28-2)10-8-18;/h7-10,19-20,22H,3-6,11-17H2,1-2H3,(H,24,25);1H. The number of aliphatic imine (C=N–C) groups is 1. The first-order chi connectivity index (χ1) is 14.3. The molecule has 3 atom stereocenters. The Balaban J connectivity index is 0.00000256. The number of nitrogens with zero attached hydrogens (tertiary/aromatic N) is 3. The van der Waals surface area contributed by atoms with Crippen molar-refractivity contribution in [3.63, 3.8) is 0 Å². The van der Waals surface area contributed by atoms with E-state index in [4.69, 9.17) is 9.47 Å². The molecule has 0 amide bonds. The molecular weight excluding hydrogens is 491 g/mol. The highest BCUT2D eigenvalue weighted by atomic mass is 127. The van der Waals surface area contributed by atoms with Gasteiger partial charge in [0.05, 0.1) is 26.4 Å². The minimum atomic E-state index is 0. The maximum absolute atomic E-state index is 5.59. The first kappa shape index (κ1) is 23.6. The third kappa shape index (κ3) is 5.59. The van der Waals surface area contributed by atoms with Crippen LogP contribution in [-0.2, 0) is 4.74 Å². The minimum Gasteiger partial charge on any atom is -0.497 e. The summed E-state index contributed by atoms with van der Waals surface area (Å²) in [6, 6.07) is 8.79. The zero-order valence-electron chi connectivity index (χ0n) is 18.4. The van der Waals surface area contributed by atoms with Crippen molar-refractivity contribution in [1.29, 1.82) is 0 Å². The topological polar surface area (TPSA) is 49.3 Å². The lowest BCUT2D eigenvalue weighted by atomic mass is 9.82. The second-order valence-corrected chi connectivity index (χ2v) is 8.58. The first-order valence-corrected chi connectivity index (χ1v) is 11.2. The van der Waals surface area contributed by atoms with Gasteiger partial charge in [0.25, 0.3) is 0 Å². The van der Waals surface area contributed by atoms with Crippen molar-refractivity contribution in [2.24, 2.45) is 16.8 Å². The van der Waals surface area contributed by atoms with Crippen molar-refractivity contribution in [1.82, 2.24) is 15.1 Å². The van der Waals surface area contributed by atoms with Gasteiger partial charge in [-0.15, -0.1) is 24.0 Å². The van der Waals surface area contributed by atoms with E-state index in [1.54, 1.807) is 7.11 Å². The van der Waals surface area contributed by atoms with Crippen molar-refractivity contribution in [2.75, 3.05) is 60.1 Å². The summed E-state index contributed by atoms with van der Waals surface area (Å²) in [6.45, 7) is 6.71. The number of hydrogen-bond acceptors (Lipinski definition) is 4. The summed E-state index contributed by atoms with van der Waals surface area (Å²) in [5.74, 6) is 3.68. The molecule has 4 rings (SSSR count). The fraction of sp³-hybridized carbons (Fsp3) is 0.696. The second-order valence-electron chi connectivity index (χ2n) is 8.58. The number of fused-ring (bicyclic) bond motifs is 1. The number of benzene rings is 1.